The number of carbonyl (C=O) groups is 1. The molecule has 1 saturated carbocycles. The standard InChI is InChI=1S/C16H21NO2/c1-16(8-4-5-9-16)15(19)17-14-12-7-3-2-6-11(12)10-13(14)18/h2-3,6-7,13-14,18H,4-5,8-10H2,1H3,(H,17,19)/t13-,14+/m0/s1. The maximum absolute atomic E-state index is 12.5. The topological polar surface area (TPSA) is 49.3 Å². The lowest BCUT2D eigenvalue weighted by Crippen LogP contribution is -2.41. The Morgan fingerprint density at radius 3 is 2.74 bits per heavy atom. The van der Waals surface area contributed by atoms with Crippen LogP contribution in [-0.2, 0) is 11.2 Å². The molecule has 2 aliphatic rings. The van der Waals surface area contributed by atoms with E-state index >= 15 is 0 Å². The zero-order valence-electron chi connectivity index (χ0n) is 11.4. The van der Waals surface area contributed by atoms with Crippen molar-refractivity contribution in [2.45, 2.75) is 51.2 Å². The smallest absolute Gasteiger partial charge is 0.226 e. The Morgan fingerprint density at radius 1 is 1.32 bits per heavy atom. The first-order chi connectivity index (χ1) is 9.10. The summed E-state index contributed by atoms with van der Waals surface area (Å²) in [6.45, 7) is 2.04. The van der Waals surface area contributed by atoms with Crippen molar-refractivity contribution in [2.24, 2.45) is 5.41 Å². The molecule has 0 heterocycles. The Balaban J connectivity index is 1.78. The number of hydrogen-bond donors (Lipinski definition) is 2. The summed E-state index contributed by atoms with van der Waals surface area (Å²) in [7, 11) is 0. The van der Waals surface area contributed by atoms with Crippen molar-refractivity contribution < 1.29 is 9.90 Å². The average molecular weight is 259 g/mol. The van der Waals surface area contributed by atoms with Crippen molar-refractivity contribution in [3.63, 3.8) is 0 Å². The van der Waals surface area contributed by atoms with E-state index < -0.39 is 6.10 Å². The number of amides is 1. The molecular weight excluding hydrogens is 238 g/mol. The van der Waals surface area contributed by atoms with Crippen LogP contribution in [0.4, 0.5) is 0 Å². The molecule has 1 aromatic carbocycles. The van der Waals surface area contributed by atoms with E-state index in [2.05, 4.69) is 5.32 Å². The van der Waals surface area contributed by atoms with Crippen molar-refractivity contribution in [1.82, 2.24) is 5.32 Å². The number of nitrogens with one attached hydrogen (secondary N) is 1. The van der Waals surface area contributed by atoms with Gasteiger partial charge in [-0.15, -0.1) is 0 Å². The number of aliphatic hydroxyl groups is 1. The molecule has 1 amide bonds. The highest BCUT2D eigenvalue weighted by molar-refractivity contribution is 5.83. The normalized spacial score (nSPS) is 28.1. The minimum absolute atomic E-state index is 0.103. The minimum atomic E-state index is -0.494. The van der Waals surface area contributed by atoms with E-state index in [9.17, 15) is 9.90 Å². The largest absolute Gasteiger partial charge is 0.390 e. The molecule has 0 saturated heterocycles. The number of hydrogen-bond acceptors (Lipinski definition) is 2. The van der Waals surface area contributed by atoms with Crippen LogP contribution in [0, 0.1) is 5.41 Å². The van der Waals surface area contributed by atoms with Gasteiger partial charge in [0.1, 0.15) is 0 Å². The zero-order valence-corrected chi connectivity index (χ0v) is 11.4. The third-order valence-corrected chi connectivity index (χ3v) is 4.75. The van der Waals surface area contributed by atoms with Gasteiger partial charge in [0.05, 0.1) is 12.1 Å². The van der Waals surface area contributed by atoms with Crippen LogP contribution in [0.15, 0.2) is 24.3 Å². The van der Waals surface area contributed by atoms with Gasteiger partial charge in [0.15, 0.2) is 0 Å². The molecule has 3 nitrogen and oxygen atoms in total. The minimum Gasteiger partial charge on any atom is -0.390 e. The molecule has 0 spiro atoms. The molecular formula is C16H21NO2. The first-order valence-corrected chi connectivity index (χ1v) is 7.17. The SMILES string of the molecule is CC1(C(=O)N[C@@H]2c3ccccc3C[C@@H]2O)CCCC1. The van der Waals surface area contributed by atoms with Gasteiger partial charge < -0.3 is 10.4 Å². The molecule has 102 valence electrons. The molecule has 0 unspecified atom stereocenters. The molecule has 0 aromatic heterocycles. The quantitative estimate of drug-likeness (QED) is 0.856. The lowest BCUT2D eigenvalue weighted by molar-refractivity contribution is -0.131. The average Bonchev–Trinajstić information content (AvgIpc) is 2.96. The Bertz CT molecular complexity index is 491. The highest BCUT2D eigenvalue weighted by atomic mass is 16.3. The Kier molecular flexibility index (Phi) is 3.09. The molecule has 1 fully saturated rings. The molecule has 0 bridgehead atoms. The van der Waals surface area contributed by atoms with E-state index in [1.807, 2.05) is 31.2 Å². The van der Waals surface area contributed by atoms with Gasteiger partial charge in [-0.1, -0.05) is 44.0 Å². The highest BCUT2D eigenvalue weighted by Gasteiger charge is 2.40. The van der Waals surface area contributed by atoms with Gasteiger partial charge in [-0.05, 0) is 24.0 Å². The highest BCUT2D eigenvalue weighted by Crippen LogP contribution is 2.39. The van der Waals surface area contributed by atoms with Gasteiger partial charge in [-0.3, -0.25) is 4.79 Å². The summed E-state index contributed by atoms with van der Waals surface area (Å²) in [5.74, 6) is 0.103. The Hall–Kier alpha value is -1.35. The predicted molar refractivity (Wildman–Crippen MR) is 73.6 cm³/mol. The third-order valence-electron chi connectivity index (χ3n) is 4.75. The van der Waals surface area contributed by atoms with Crippen LogP contribution in [0.3, 0.4) is 0 Å². The predicted octanol–water partition coefficient (Wildman–Crippen LogP) is 2.34. The molecule has 2 aliphatic carbocycles. The summed E-state index contributed by atoms with van der Waals surface area (Å²) in [5.41, 5.74) is 1.99. The number of rotatable bonds is 2. The number of carbonyl (C=O) groups excluding carboxylic acids is 1. The van der Waals surface area contributed by atoms with Gasteiger partial charge in [-0.2, -0.15) is 0 Å². The van der Waals surface area contributed by atoms with E-state index in [1.165, 1.54) is 0 Å². The van der Waals surface area contributed by atoms with Gasteiger partial charge >= 0.3 is 0 Å². The second-order valence-corrected chi connectivity index (χ2v) is 6.19. The van der Waals surface area contributed by atoms with Crippen molar-refractivity contribution in [1.29, 1.82) is 0 Å². The molecule has 3 heteroatoms. The fourth-order valence-electron chi connectivity index (χ4n) is 3.45. The first-order valence-electron chi connectivity index (χ1n) is 7.17. The van der Waals surface area contributed by atoms with Crippen LogP contribution in [0.2, 0.25) is 0 Å². The van der Waals surface area contributed by atoms with Crippen molar-refractivity contribution in [2.75, 3.05) is 0 Å². The summed E-state index contributed by atoms with van der Waals surface area (Å²) in [4.78, 5) is 12.5. The third kappa shape index (κ3) is 2.16. The van der Waals surface area contributed by atoms with Crippen molar-refractivity contribution in [3.05, 3.63) is 35.4 Å². The Labute approximate surface area is 114 Å². The Morgan fingerprint density at radius 2 is 2.00 bits per heavy atom. The first kappa shape index (κ1) is 12.7. The van der Waals surface area contributed by atoms with Crippen LogP contribution < -0.4 is 5.32 Å². The number of benzene rings is 1. The van der Waals surface area contributed by atoms with Crippen LogP contribution >= 0.6 is 0 Å². The van der Waals surface area contributed by atoms with Gasteiger partial charge in [0, 0.05) is 11.8 Å². The van der Waals surface area contributed by atoms with Gasteiger partial charge in [0.25, 0.3) is 0 Å². The van der Waals surface area contributed by atoms with Crippen molar-refractivity contribution >= 4 is 5.91 Å². The molecule has 2 N–H and O–H groups in total. The second-order valence-electron chi connectivity index (χ2n) is 6.19. The van der Waals surface area contributed by atoms with Crippen molar-refractivity contribution in [3.8, 4) is 0 Å². The van der Waals surface area contributed by atoms with E-state index in [4.69, 9.17) is 0 Å². The fraction of sp³-hybridized carbons (Fsp3) is 0.562. The summed E-state index contributed by atoms with van der Waals surface area (Å²) in [6, 6.07) is 7.75. The fourth-order valence-corrected chi connectivity index (χ4v) is 3.45. The maximum atomic E-state index is 12.5. The summed E-state index contributed by atoms with van der Waals surface area (Å²) < 4.78 is 0. The summed E-state index contributed by atoms with van der Waals surface area (Å²) in [5, 5.41) is 13.2. The summed E-state index contributed by atoms with van der Waals surface area (Å²) in [6.07, 6.45) is 4.33. The van der Waals surface area contributed by atoms with E-state index in [1.54, 1.807) is 0 Å². The van der Waals surface area contributed by atoms with Crippen LogP contribution in [0.1, 0.15) is 49.8 Å². The van der Waals surface area contributed by atoms with Gasteiger partial charge in [-0.25, -0.2) is 0 Å². The lowest BCUT2D eigenvalue weighted by atomic mass is 9.87. The monoisotopic (exact) mass is 259 g/mol. The molecule has 19 heavy (non-hydrogen) atoms. The summed E-state index contributed by atoms with van der Waals surface area (Å²) >= 11 is 0. The van der Waals surface area contributed by atoms with E-state index in [-0.39, 0.29) is 17.4 Å². The van der Waals surface area contributed by atoms with Crippen LogP contribution in [-0.4, -0.2) is 17.1 Å². The second kappa shape index (κ2) is 4.64. The van der Waals surface area contributed by atoms with E-state index in [0.717, 1.165) is 36.8 Å². The molecule has 3 rings (SSSR count). The number of fused-ring (bicyclic) bond motifs is 1. The zero-order chi connectivity index (χ0) is 13.5. The molecule has 0 radical (unpaired) electrons. The lowest BCUT2D eigenvalue weighted by Gasteiger charge is -2.26. The number of aliphatic hydroxyl groups excluding tert-OH is 1. The van der Waals surface area contributed by atoms with E-state index in [0.29, 0.717) is 6.42 Å². The van der Waals surface area contributed by atoms with Gasteiger partial charge in [0.2, 0.25) is 5.91 Å². The van der Waals surface area contributed by atoms with Crippen LogP contribution in [0.25, 0.3) is 0 Å². The molecule has 1 aromatic rings. The molecule has 0 aliphatic heterocycles. The maximum Gasteiger partial charge on any atom is 0.226 e. The van der Waals surface area contributed by atoms with Crippen LogP contribution in [0.5, 0.6) is 0 Å². The molecule has 2 atom stereocenters.